The molecule has 1 atom stereocenters. The number of benzene rings is 1. The standard InChI is InChI=1S/C20H21N3O4S/c1-25-16-13-17(26-2)23-19(22-16)18(14-7-4-3-5-8-14)28-12-10-21-20(24)15-9-6-11-27-15/h3-9,11,13,18H,10,12H2,1-2H3,(H,21,24). The van der Waals surface area contributed by atoms with Crippen molar-refractivity contribution in [2.24, 2.45) is 0 Å². The highest BCUT2D eigenvalue weighted by molar-refractivity contribution is 7.99. The predicted molar refractivity (Wildman–Crippen MR) is 107 cm³/mol. The minimum atomic E-state index is -0.235. The highest BCUT2D eigenvalue weighted by Gasteiger charge is 2.20. The molecule has 0 aliphatic carbocycles. The quantitative estimate of drug-likeness (QED) is 0.552. The number of hydrogen-bond donors (Lipinski definition) is 1. The predicted octanol–water partition coefficient (Wildman–Crippen LogP) is 3.34. The average Bonchev–Trinajstić information content (AvgIpc) is 3.29. The van der Waals surface area contributed by atoms with Gasteiger partial charge in [-0.05, 0) is 17.7 Å². The Hall–Kier alpha value is -3.00. The second-order valence-electron chi connectivity index (χ2n) is 5.71. The minimum Gasteiger partial charge on any atom is -0.481 e. The van der Waals surface area contributed by atoms with Crippen LogP contribution in [0.3, 0.4) is 0 Å². The second-order valence-corrected chi connectivity index (χ2v) is 6.92. The van der Waals surface area contributed by atoms with Crippen LogP contribution in [0.4, 0.5) is 0 Å². The van der Waals surface area contributed by atoms with Crippen LogP contribution in [-0.4, -0.2) is 42.4 Å². The lowest BCUT2D eigenvalue weighted by Gasteiger charge is -2.17. The normalized spacial score (nSPS) is 11.6. The number of carbonyl (C=O) groups is 1. The smallest absolute Gasteiger partial charge is 0.287 e. The van der Waals surface area contributed by atoms with Crippen molar-refractivity contribution in [3.8, 4) is 11.8 Å². The zero-order valence-corrected chi connectivity index (χ0v) is 16.4. The van der Waals surface area contributed by atoms with E-state index in [0.29, 0.717) is 35.6 Å². The van der Waals surface area contributed by atoms with E-state index in [1.807, 2.05) is 30.3 Å². The van der Waals surface area contributed by atoms with E-state index >= 15 is 0 Å². The molecule has 2 heterocycles. The van der Waals surface area contributed by atoms with E-state index in [2.05, 4.69) is 15.3 Å². The van der Waals surface area contributed by atoms with Crippen LogP contribution in [-0.2, 0) is 0 Å². The average molecular weight is 399 g/mol. The molecule has 8 heteroatoms. The molecule has 3 aromatic rings. The summed E-state index contributed by atoms with van der Waals surface area (Å²) >= 11 is 1.62. The molecule has 7 nitrogen and oxygen atoms in total. The highest BCUT2D eigenvalue weighted by atomic mass is 32.2. The molecule has 1 amide bonds. The summed E-state index contributed by atoms with van der Waals surface area (Å²) in [7, 11) is 3.11. The zero-order chi connectivity index (χ0) is 19.8. The monoisotopic (exact) mass is 399 g/mol. The van der Waals surface area contributed by atoms with Crippen LogP contribution < -0.4 is 14.8 Å². The van der Waals surface area contributed by atoms with E-state index in [1.54, 1.807) is 44.2 Å². The number of ether oxygens (including phenoxy) is 2. The van der Waals surface area contributed by atoms with Crippen LogP contribution in [0.5, 0.6) is 11.8 Å². The number of carbonyl (C=O) groups excluding carboxylic acids is 1. The third-order valence-electron chi connectivity index (χ3n) is 3.87. The summed E-state index contributed by atoms with van der Waals surface area (Å²) in [6.07, 6.45) is 1.47. The third kappa shape index (κ3) is 5.04. The first-order valence-electron chi connectivity index (χ1n) is 8.66. The van der Waals surface area contributed by atoms with Crippen molar-refractivity contribution in [3.05, 3.63) is 71.9 Å². The van der Waals surface area contributed by atoms with Crippen molar-refractivity contribution < 1.29 is 18.7 Å². The van der Waals surface area contributed by atoms with E-state index in [0.717, 1.165) is 5.56 Å². The van der Waals surface area contributed by atoms with Gasteiger partial charge >= 0.3 is 0 Å². The van der Waals surface area contributed by atoms with Crippen molar-refractivity contribution in [3.63, 3.8) is 0 Å². The van der Waals surface area contributed by atoms with Crippen molar-refractivity contribution in [2.75, 3.05) is 26.5 Å². The van der Waals surface area contributed by atoms with Crippen LogP contribution in [0.2, 0.25) is 0 Å². The number of nitrogens with one attached hydrogen (secondary N) is 1. The zero-order valence-electron chi connectivity index (χ0n) is 15.6. The van der Waals surface area contributed by atoms with Crippen LogP contribution in [0.25, 0.3) is 0 Å². The molecule has 1 unspecified atom stereocenters. The van der Waals surface area contributed by atoms with Crippen molar-refractivity contribution in [1.82, 2.24) is 15.3 Å². The summed E-state index contributed by atoms with van der Waals surface area (Å²) in [5.74, 6) is 2.19. The van der Waals surface area contributed by atoms with E-state index in [-0.39, 0.29) is 11.2 Å². The molecule has 0 bridgehead atoms. The van der Waals surface area contributed by atoms with Crippen molar-refractivity contribution in [2.45, 2.75) is 5.25 Å². The van der Waals surface area contributed by atoms with Crippen LogP contribution in [0, 0.1) is 0 Å². The van der Waals surface area contributed by atoms with Gasteiger partial charge < -0.3 is 19.2 Å². The Labute approximate surface area is 167 Å². The van der Waals surface area contributed by atoms with E-state index in [1.165, 1.54) is 6.26 Å². The van der Waals surface area contributed by atoms with Gasteiger partial charge in [0.1, 0.15) is 0 Å². The molecule has 0 saturated carbocycles. The Bertz CT molecular complexity index is 865. The molecule has 0 spiro atoms. The molecule has 3 rings (SSSR count). The summed E-state index contributed by atoms with van der Waals surface area (Å²) in [6.45, 7) is 0.481. The maximum absolute atomic E-state index is 12.0. The summed E-state index contributed by atoms with van der Waals surface area (Å²) < 4.78 is 15.6. The number of furan rings is 1. The number of amides is 1. The Morgan fingerprint density at radius 3 is 2.43 bits per heavy atom. The van der Waals surface area contributed by atoms with Gasteiger partial charge in [0.25, 0.3) is 5.91 Å². The summed E-state index contributed by atoms with van der Waals surface area (Å²) in [5.41, 5.74) is 1.06. The van der Waals surface area contributed by atoms with Gasteiger partial charge in [-0.3, -0.25) is 4.79 Å². The number of rotatable bonds is 9. The van der Waals surface area contributed by atoms with E-state index < -0.39 is 0 Å². The number of aromatic nitrogens is 2. The fraction of sp³-hybridized carbons (Fsp3) is 0.250. The van der Waals surface area contributed by atoms with Crippen LogP contribution >= 0.6 is 11.8 Å². The molecule has 0 aliphatic rings. The SMILES string of the molecule is COc1cc(OC)nc(C(SCCNC(=O)c2ccco2)c2ccccc2)n1. The van der Waals surface area contributed by atoms with Crippen LogP contribution in [0.1, 0.15) is 27.2 Å². The van der Waals surface area contributed by atoms with Crippen molar-refractivity contribution >= 4 is 17.7 Å². The van der Waals surface area contributed by atoms with Gasteiger partial charge in [0.05, 0.1) is 31.8 Å². The molecule has 2 aromatic heterocycles. The Morgan fingerprint density at radius 1 is 1.11 bits per heavy atom. The van der Waals surface area contributed by atoms with Crippen molar-refractivity contribution in [1.29, 1.82) is 0 Å². The molecule has 0 radical (unpaired) electrons. The van der Waals surface area contributed by atoms with Gasteiger partial charge in [-0.25, -0.2) is 0 Å². The first kappa shape index (κ1) is 19.8. The number of methoxy groups -OCH3 is 2. The molecule has 28 heavy (non-hydrogen) atoms. The van der Waals surface area contributed by atoms with Gasteiger partial charge in [0, 0.05) is 12.3 Å². The van der Waals surface area contributed by atoms with Gasteiger partial charge in [-0.1, -0.05) is 30.3 Å². The Morgan fingerprint density at radius 2 is 1.82 bits per heavy atom. The lowest BCUT2D eigenvalue weighted by Crippen LogP contribution is -2.25. The Balaban J connectivity index is 1.72. The number of thioether (sulfide) groups is 1. The fourth-order valence-electron chi connectivity index (χ4n) is 2.53. The molecule has 146 valence electrons. The first-order chi connectivity index (χ1) is 13.7. The fourth-order valence-corrected chi connectivity index (χ4v) is 3.59. The second kappa shape index (κ2) is 9.80. The molecule has 1 aromatic carbocycles. The number of hydrogen-bond acceptors (Lipinski definition) is 7. The molecule has 0 fully saturated rings. The summed E-state index contributed by atoms with van der Waals surface area (Å²) in [4.78, 5) is 21.0. The number of nitrogens with zero attached hydrogens (tertiary/aromatic N) is 2. The molecular weight excluding hydrogens is 378 g/mol. The van der Waals surface area contributed by atoms with Gasteiger partial charge in [0.2, 0.25) is 11.8 Å². The highest BCUT2D eigenvalue weighted by Crippen LogP contribution is 2.35. The lowest BCUT2D eigenvalue weighted by atomic mass is 10.1. The molecule has 0 aliphatic heterocycles. The third-order valence-corrected chi connectivity index (χ3v) is 5.12. The van der Waals surface area contributed by atoms with Gasteiger partial charge in [-0.2, -0.15) is 9.97 Å². The maximum atomic E-state index is 12.0. The van der Waals surface area contributed by atoms with Crippen LogP contribution in [0.15, 0.2) is 59.2 Å². The van der Waals surface area contributed by atoms with E-state index in [4.69, 9.17) is 13.9 Å². The summed E-state index contributed by atoms with van der Waals surface area (Å²) in [5, 5.41) is 2.71. The topological polar surface area (TPSA) is 86.5 Å². The molecule has 1 N–H and O–H groups in total. The maximum Gasteiger partial charge on any atom is 0.287 e. The lowest BCUT2D eigenvalue weighted by molar-refractivity contribution is 0.0928. The Kier molecular flexibility index (Phi) is 6.91. The largest absolute Gasteiger partial charge is 0.481 e. The minimum absolute atomic E-state index is 0.134. The van der Waals surface area contributed by atoms with Gasteiger partial charge in [-0.15, -0.1) is 11.8 Å². The van der Waals surface area contributed by atoms with E-state index in [9.17, 15) is 4.79 Å². The molecular formula is C20H21N3O4S. The summed E-state index contributed by atoms with van der Waals surface area (Å²) in [6, 6.07) is 14.9. The van der Waals surface area contributed by atoms with Gasteiger partial charge in [0.15, 0.2) is 11.6 Å². The first-order valence-corrected chi connectivity index (χ1v) is 9.71. The molecule has 0 saturated heterocycles.